The number of alkyl halides is 1. The number of rotatable bonds is 13. The van der Waals surface area contributed by atoms with Crippen molar-refractivity contribution in [2.45, 2.75) is 50.0 Å². The maximum absolute atomic E-state index is 15.8. The van der Waals surface area contributed by atoms with Gasteiger partial charge in [-0.2, -0.15) is 9.97 Å². The fraction of sp³-hybridized carbons (Fsp3) is 0.353. The van der Waals surface area contributed by atoms with Crippen molar-refractivity contribution in [2.75, 3.05) is 32.7 Å². The fourth-order valence-electron chi connectivity index (χ4n) is 5.87. The highest BCUT2D eigenvalue weighted by molar-refractivity contribution is 7.07. The first kappa shape index (κ1) is 35.3. The lowest BCUT2D eigenvalue weighted by atomic mass is 9.90. The molecule has 13 nitrogen and oxygen atoms in total. The lowest BCUT2D eigenvalue weighted by Crippen LogP contribution is -2.45. The van der Waals surface area contributed by atoms with Crippen LogP contribution in [0.4, 0.5) is 10.2 Å². The lowest BCUT2D eigenvalue weighted by Gasteiger charge is -2.31. The maximum Gasteiger partial charge on any atom is 0.344 e. The zero-order valence-corrected chi connectivity index (χ0v) is 28.9. The number of carbonyl (C=O) groups is 2. The topological polar surface area (TPSA) is 160 Å². The molecular weight excluding hydrogens is 691 g/mol. The third-order valence-corrected chi connectivity index (χ3v) is 9.17. The van der Waals surface area contributed by atoms with Crippen molar-refractivity contribution >= 4 is 51.9 Å². The number of ether oxygens (including phenoxy) is 4. The number of hydrogen-bond donors (Lipinski definition) is 2. The summed E-state index contributed by atoms with van der Waals surface area (Å²) in [5.41, 5.74) is 3.13. The number of nitrogens with one attached hydrogen (secondary N) is 1. The van der Waals surface area contributed by atoms with Crippen molar-refractivity contribution in [2.24, 2.45) is 0 Å². The number of aliphatic hydroxyl groups is 1. The van der Waals surface area contributed by atoms with Crippen LogP contribution < -0.4 is 5.32 Å². The van der Waals surface area contributed by atoms with Gasteiger partial charge in [0.25, 0.3) is 0 Å². The van der Waals surface area contributed by atoms with Gasteiger partial charge in [0.05, 0.1) is 43.9 Å². The van der Waals surface area contributed by atoms with E-state index >= 15 is 4.39 Å². The minimum Gasteiger partial charge on any atom is -0.467 e. The number of methoxy groups -OCH3 is 2. The molecule has 1 saturated heterocycles. The van der Waals surface area contributed by atoms with Crippen LogP contribution in [0.2, 0.25) is 5.28 Å². The fourth-order valence-corrected chi connectivity index (χ4v) is 6.65. The van der Waals surface area contributed by atoms with Crippen molar-refractivity contribution in [3.8, 4) is 11.1 Å². The van der Waals surface area contributed by atoms with E-state index in [1.54, 1.807) is 35.2 Å². The molecule has 5 atom stereocenters. The van der Waals surface area contributed by atoms with Gasteiger partial charge < -0.3 is 29.4 Å². The van der Waals surface area contributed by atoms with Gasteiger partial charge in [-0.05, 0) is 40.8 Å². The van der Waals surface area contributed by atoms with Crippen LogP contribution >= 0.6 is 22.9 Å². The van der Waals surface area contributed by atoms with E-state index in [-0.39, 0.29) is 23.0 Å². The van der Waals surface area contributed by atoms with E-state index in [4.69, 9.17) is 30.5 Å². The van der Waals surface area contributed by atoms with E-state index < -0.39 is 48.8 Å². The Morgan fingerprint density at radius 3 is 2.60 bits per heavy atom. The Balaban J connectivity index is 1.27. The molecule has 50 heavy (non-hydrogen) atoms. The molecule has 0 radical (unpaired) electrons. The van der Waals surface area contributed by atoms with Crippen LogP contribution in [-0.4, -0.2) is 87.3 Å². The largest absolute Gasteiger partial charge is 0.467 e. The Bertz CT molecular complexity index is 1960. The van der Waals surface area contributed by atoms with E-state index in [0.29, 0.717) is 34.6 Å². The summed E-state index contributed by atoms with van der Waals surface area (Å²) in [6.45, 7) is 2.19. The van der Waals surface area contributed by atoms with E-state index in [1.165, 1.54) is 36.5 Å². The monoisotopic (exact) mass is 724 g/mol. The molecular formula is C34H34ClFN6O7S. The van der Waals surface area contributed by atoms with Crippen molar-refractivity contribution in [3.63, 3.8) is 0 Å². The molecule has 0 saturated carbocycles. The van der Waals surface area contributed by atoms with Crippen molar-refractivity contribution in [1.29, 1.82) is 0 Å². The second-order valence-electron chi connectivity index (χ2n) is 11.5. The van der Waals surface area contributed by atoms with Gasteiger partial charge in [-0.25, -0.2) is 23.9 Å². The van der Waals surface area contributed by atoms with E-state index in [1.807, 2.05) is 31.2 Å². The van der Waals surface area contributed by atoms with Crippen LogP contribution in [0.25, 0.3) is 22.3 Å². The number of imidazole rings is 1. The molecule has 0 amide bonds. The molecule has 1 aliphatic rings. The number of anilines is 1. The first-order valence-corrected chi connectivity index (χ1v) is 17.0. The number of benzene rings is 2. The van der Waals surface area contributed by atoms with Crippen LogP contribution in [0.1, 0.15) is 41.2 Å². The molecule has 3 aromatic heterocycles. The summed E-state index contributed by atoms with van der Waals surface area (Å²) in [5.74, 6) is -0.822. The third kappa shape index (κ3) is 6.79. The number of thiazole rings is 1. The number of carbonyl (C=O) groups excluding carboxylic acids is 2. The summed E-state index contributed by atoms with van der Waals surface area (Å²) in [6.07, 6.45) is -3.94. The summed E-state index contributed by atoms with van der Waals surface area (Å²) < 4.78 is 39.6. The molecule has 1 unspecified atom stereocenters. The predicted molar refractivity (Wildman–Crippen MR) is 183 cm³/mol. The number of fused-ring (bicyclic) bond motifs is 1. The molecule has 2 aromatic carbocycles. The van der Waals surface area contributed by atoms with Crippen molar-refractivity contribution in [3.05, 3.63) is 87.9 Å². The number of halogens is 2. The minimum absolute atomic E-state index is 0.0251. The Kier molecular flexibility index (Phi) is 10.7. The Morgan fingerprint density at radius 1 is 1.12 bits per heavy atom. The second kappa shape index (κ2) is 15.1. The molecule has 0 bridgehead atoms. The minimum atomic E-state index is -1.91. The zero-order chi connectivity index (χ0) is 35.4. The van der Waals surface area contributed by atoms with Crippen LogP contribution in [0, 0.1) is 0 Å². The summed E-state index contributed by atoms with van der Waals surface area (Å²) in [7, 11) is 2.55. The van der Waals surface area contributed by atoms with Crippen LogP contribution in [-0.2, 0) is 35.8 Å². The third-order valence-electron chi connectivity index (χ3n) is 8.41. The van der Waals surface area contributed by atoms with Gasteiger partial charge in [0.15, 0.2) is 29.4 Å². The average molecular weight is 725 g/mol. The van der Waals surface area contributed by atoms with Crippen LogP contribution in [0.15, 0.2) is 65.7 Å². The second-order valence-corrected chi connectivity index (χ2v) is 12.6. The smallest absolute Gasteiger partial charge is 0.344 e. The Hall–Kier alpha value is -4.54. The molecule has 1 aliphatic heterocycles. The van der Waals surface area contributed by atoms with Gasteiger partial charge in [0.1, 0.15) is 12.2 Å². The Morgan fingerprint density at radius 2 is 1.90 bits per heavy atom. The number of nitrogens with zero attached hydrogens (tertiary/aromatic N) is 5. The van der Waals surface area contributed by atoms with E-state index in [2.05, 4.69) is 25.3 Å². The van der Waals surface area contributed by atoms with Gasteiger partial charge in [-0.1, -0.05) is 49.4 Å². The molecule has 4 heterocycles. The number of hydrogen-bond acceptors (Lipinski definition) is 13. The first-order chi connectivity index (χ1) is 24.2. The highest BCUT2D eigenvalue weighted by Crippen LogP contribution is 2.38. The molecule has 0 spiro atoms. The lowest BCUT2D eigenvalue weighted by molar-refractivity contribution is -0.180. The molecule has 0 aliphatic carbocycles. The summed E-state index contributed by atoms with van der Waals surface area (Å²) >= 11 is 7.44. The molecule has 5 aromatic rings. The van der Waals surface area contributed by atoms with Crippen molar-refractivity contribution < 1.29 is 38.0 Å². The predicted octanol–water partition coefficient (Wildman–Crippen LogP) is 5.14. The summed E-state index contributed by atoms with van der Waals surface area (Å²) in [4.78, 5) is 43.2. The van der Waals surface area contributed by atoms with Crippen LogP contribution in [0.5, 0.6) is 0 Å². The molecule has 16 heteroatoms. The van der Waals surface area contributed by atoms with Crippen LogP contribution in [0.3, 0.4) is 0 Å². The normalized spacial score (nSPS) is 20.0. The van der Waals surface area contributed by atoms with E-state index in [0.717, 1.165) is 12.0 Å². The van der Waals surface area contributed by atoms with Gasteiger partial charge in [0.2, 0.25) is 10.9 Å². The van der Waals surface area contributed by atoms with Gasteiger partial charge in [-0.3, -0.25) is 4.57 Å². The molecule has 6 rings (SSSR count). The Labute approximate surface area is 295 Å². The number of esters is 2. The van der Waals surface area contributed by atoms with Gasteiger partial charge in [0, 0.05) is 18.3 Å². The molecule has 1 fully saturated rings. The van der Waals surface area contributed by atoms with Crippen molar-refractivity contribution in [1.82, 2.24) is 24.5 Å². The van der Waals surface area contributed by atoms with Gasteiger partial charge in [-0.15, -0.1) is 11.3 Å². The quantitative estimate of drug-likeness (QED) is 0.122. The zero-order valence-electron chi connectivity index (χ0n) is 27.3. The standard InChI is InChI=1S/C34H34ClFN6O7S/c1-4-13-37-28-26-29(41-33(35)40-28)42(17-38-26)30-25(36)27(43)23(49-30)15-48-34(32(45)47-3,24-16-50-18-39-24)14-19-9-11-20(12-10-19)21-7-5-6-8-22(21)31(44)46-2/h5-12,16-18,23,25,27,30,43H,4,13-15H2,1-3H3,(H,37,40,41)/t23-,25+,27-,30-,34?/m1/s1. The average Bonchev–Trinajstić information content (AvgIpc) is 3.89. The highest BCUT2D eigenvalue weighted by Gasteiger charge is 2.50. The molecule has 262 valence electrons. The first-order valence-electron chi connectivity index (χ1n) is 15.7. The summed E-state index contributed by atoms with van der Waals surface area (Å²) in [5, 5.41) is 15.7. The van der Waals surface area contributed by atoms with E-state index in [9.17, 15) is 14.7 Å². The highest BCUT2D eigenvalue weighted by atomic mass is 35.5. The van der Waals surface area contributed by atoms with Gasteiger partial charge >= 0.3 is 11.9 Å². The molecule has 2 N–H and O–H groups in total. The SMILES string of the molecule is CCCNc1nc(Cl)nc2c1ncn2[C@@H]1O[C@H](COC(Cc2ccc(-c3ccccc3C(=O)OC)cc2)(C(=O)OC)c2cscn2)[C@@H](O)[C@@H]1F. The number of aromatic nitrogens is 5. The number of aliphatic hydroxyl groups excluding tert-OH is 1. The maximum atomic E-state index is 15.8. The summed E-state index contributed by atoms with van der Waals surface area (Å²) in [6, 6.07) is 14.3.